The number of hydrogen-bond acceptors (Lipinski definition) is 0. The van der Waals surface area contributed by atoms with E-state index in [1.807, 2.05) is 0 Å². The van der Waals surface area contributed by atoms with Crippen LogP contribution in [0, 0.1) is 0 Å². The quantitative estimate of drug-likeness (QED) is 0.177. The summed E-state index contributed by atoms with van der Waals surface area (Å²) in [5.41, 5.74) is 21.2. The van der Waals surface area contributed by atoms with Crippen molar-refractivity contribution in [3.05, 3.63) is 352 Å². The van der Waals surface area contributed by atoms with Crippen molar-refractivity contribution in [1.29, 1.82) is 0 Å². The highest BCUT2D eigenvalue weighted by Gasteiger charge is 2.47. The van der Waals surface area contributed by atoms with Gasteiger partial charge >= 0.3 is 0 Å². The van der Waals surface area contributed by atoms with Crippen molar-refractivity contribution in [2.24, 2.45) is 0 Å². The molecule has 16 rings (SSSR count). The number of hydrogen-bond donors (Lipinski definition) is 1. The molecule has 1 N–H and O–H groups in total. The molecule has 0 spiro atoms. The average Bonchev–Trinajstić information content (AvgIpc) is 4.45. The third kappa shape index (κ3) is 7.37. The molecule has 0 radical (unpaired) electrons. The Morgan fingerprint density at radius 3 is 1.05 bits per heavy atom. The van der Waals surface area contributed by atoms with E-state index in [1.54, 1.807) is 0 Å². The van der Waals surface area contributed by atoms with Gasteiger partial charge in [-0.2, -0.15) is 0 Å². The molecule has 2 aromatic heterocycles. The van der Waals surface area contributed by atoms with E-state index >= 15 is 0 Å². The molecule has 0 bridgehead atoms. The zero-order valence-electron chi connectivity index (χ0n) is 42.2. The summed E-state index contributed by atoms with van der Waals surface area (Å²) < 4.78 is 3.52. The summed E-state index contributed by atoms with van der Waals surface area (Å²) in [6, 6.07) is 109. The summed E-state index contributed by atoms with van der Waals surface area (Å²) in [5.74, 6) is 0. The first-order valence-electron chi connectivity index (χ1n) is 26.4. The first-order valence-corrected chi connectivity index (χ1v) is 27.2. The fraction of sp³-hybridized carbons (Fsp3) is 0.0270. The number of rotatable bonds is 5. The monoisotopic (exact) mass is 1050 g/mol. The lowest BCUT2D eigenvalue weighted by Gasteiger charge is -2.34. The summed E-state index contributed by atoms with van der Waals surface area (Å²) in [4.78, 5) is 3.38. The van der Waals surface area contributed by atoms with E-state index in [-0.39, 0.29) is 5.41 Å². The number of H-pyrrole nitrogens is 1. The Hall–Kier alpha value is -9.28. The van der Waals surface area contributed by atoms with Crippen molar-refractivity contribution < 1.29 is 0 Å². The number of nitrogens with one attached hydrogen (secondary N) is 1. The third-order valence-corrected chi connectivity index (χ3v) is 16.6. The maximum absolute atomic E-state index is 3.69. The van der Waals surface area contributed by atoms with Gasteiger partial charge in [-0.05, 0) is 115 Å². The van der Waals surface area contributed by atoms with Gasteiger partial charge in [0.25, 0.3) is 0 Å². The number of aromatic nitrogens is 2. The van der Waals surface area contributed by atoms with E-state index in [0.717, 1.165) is 4.47 Å². The summed E-state index contributed by atoms with van der Waals surface area (Å²) in [5, 5.41) is 5.17. The molecular formula is C74H51BrN2. The van der Waals surface area contributed by atoms with Crippen molar-refractivity contribution in [3.8, 4) is 27.9 Å². The van der Waals surface area contributed by atoms with E-state index in [1.165, 1.54) is 116 Å². The molecule has 364 valence electrons. The minimum absolute atomic E-state index is 0.293. The lowest BCUT2D eigenvalue weighted by Crippen LogP contribution is -2.28. The fourth-order valence-corrected chi connectivity index (χ4v) is 13.4. The molecule has 0 saturated carbocycles. The van der Waals surface area contributed by atoms with Gasteiger partial charge in [-0.1, -0.05) is 271 Å². The molecule has 0 aliphatic heterocycles. The van der Waals surface area contributed by atoms with E-state index < -0.39 is 5.41 Å². The largest absolute Gasteiger partial charge is 0.355 e. The predicted octanol–water partition coefficient (Wildman–Crippen LogP) is 19.3. The first kappa shape index (κ1) is 46.3. The average molecular weight is 1050 g/mol. The highest BCUT2D eigenvalue weighted by atomic mass is 79.9. The SMILES string of the molecule is Brc1cccc(C2(c3ccccc3)c3ccccc3-c3ccccc32)c1.c1ccc(C2(c3cccc(-n4c5ccccc5c5ccccc54)c3)c3ccccc3-c3ccccc32)cc1.c1ccc2c(c1)[nH]c1ccccc12. The van der Waals surface area contributed by atoms with Gasteiger partial charge in [0.05, 0.1) is 21.9 Å². The predicted molar refractivity (Wildman–Crippen MR) is 325 cm³/mol. The van der Waals surface area contributed by atoms with Crippen LogP contribution >= 0.6 is 15.9 Å². The maximum atomic E-state index is 3.69. The molecule has 2 heterocycles. The normalized spacial score (nSPS) is 13.2. The number of halogens is 1. The van der Waals surface area contributed by atoms with Gasteiger partial charge in [-0.15, -0.1) is 0 Å². The summed E-state index contributed by atoms with van der Waals surface area (Å²) >= 11 is 3.69. The van der Waals surface area contributed by atoms with Crippen LogP contribution in [-0.4, -0.2) is 9.55 Å². The smallest absolute Gasteiger partial charge is 0.0714 e. The van der Waals surface area contributed by atoms with Crippen LogP contribution in [0.3, 0.4) is 0 Å². The summed E-state index contributed by atoms with van der Waals surface area (Å²) in [6.45, 7) is 0. The van der Waals surface area contributed by atoms with Gasteiger partial charge in [0, 0.05) is 42.7 Å². The Balaban J connectivity index is 0.000000119. The number of nitrogens with zero attached hydrogens (tertiary/aromatic N) is 1. The van der Waals surface area contributed by atoms with Gasteiger partial charge in [-0.3, -0.25) is 0 Å². The molecule has 2 aliphatic carbocycles. The van der Waals surface area contributed by atoms with Crippen LogP contribution in [-0.2, 0) is 10.8 Å². The molecule has 77 heavy (non-hydrogen) atoms. The Kier molecular flexibility index (Phi) is 11.5. The van der Waals surface area contributed by atoms with Crippen molar-refractivity contribution in [1.82, 2.24) is 9.55 Å². The second-order valence-corrected chi connectivity index (χ2v) is 21.0. The molecule has 0 amide bonds. The van der Waals surface area contributed by atoms with Crippen LogP contribution < -0.4 is 0 Å². The third-order valence-electron chi connectivity index (χ3n) is 16.1. The maximum Gasteiger partial charge on any atom is 0.0714 e. The van der Waals surface area contributed by atoms with Crippen molar-refractivity contribution >= 4 is 59.5 Å². The van der Waals surface area contributed by atoms with Gasteiger partial charge in [0.1, 0.15) is 0 Å². The van der Waals surface area contributed by atoms with E-state index in [2.05, 4.69) is 329 Å². The summed E-state index contributed by atoms with van der Waals surface area (Å²) in [6.07, 6.45) is 0. The molecule has 2 aliphatic rings. The molecule has 0 saturated heterocycles. The topological polar surface area (TPSA) is 20.7 Å². The van der Waals surface area contributed by atoms with Gasteiger partial charge in [-0.25, -0.2) is 0 Å². The lowest BCUT2D eigenvalue weighted by molar-refractivity contribution is 0.767. The van der Waals surface area contributed by atoms with E-state index in [4.69, 9.17) is 0 Å². The Morgan fingerprint density at radius 1 is 0.273 bits per heavy atom. The second kappa shape index (κ2) is 19.1. The number of benzene rings is 12. The Bertz CT molecular complexity index is 4290. The van der Waals surface area contributed by atoms with Crippen LogP contribution in [0.5, 0.6) is 0 Å². The van der Waals surface area contributed by atoms with Crippen molar-refractivity contribution in [2.75, 3.05) is 0 Å². The molecule has 0 fully saturated rings. The van der Waals surface area contributed by atoms with E-state index in [0.29, 0.717) is 0 Å². The molecule has 12 aromatic carbocycles. The lowest BCUT2D eigenvalue weighted by atomic mass is 9.67. The molecule has 14 aromatic rings. The van der Waals surface area contributed by atoms with Crippen LogP contribution in [0.15, 0.2) is 308 Å². The summed E-state index contributed by atoms with van der Waals surface area (Å²) in [7, 11) is 0. The standard InChI is InChI=1S/C37H25N.C25H17Br.C12H9N/c1-2-13-26(14-3-1)37(33-21-8-4-17-29(33)30-18-5-9-22-34(30)37)27-15-12-16-28(25-27)38-35-23-10-6-19-31(35)32-20-7-11-24-36(32)38;26-20-12-8-11-19(17-20)25(18-9-2-1-3-10-18)23-15-6-4-13-21(23)22-14-5-7-16-24(22)25;1-3-7-11-9(5-1)10-6-2-4-8-12(10)13-11/h1-25H;1-17H;1-8,13H. The fourth-order valence-electron chi connectivity index (χ4n) is 13.0. The van der Waals surface area contributed by atoms with Gasteiger partial charge in [0.15, 0.2) is 0 Å². The minimum Gasteiger partial charge on any atom is -0.355 e. The number of aromatic amines is 1. The number of fused-ring (bicyclic) bond motifs is 12. The zero-order valence-corrected chi connectivity index (χ0v) is 43.8. The van der Waals surface area contributed by atoms with Crippen LogP contribution in [0.25, 0.3) is 71.6 Å². The molecule has 2 nitrogen and oxygen atoms in total. The zero-order chi connectivity index (χ0) is 51.3. The van der Waals surface area contributed by atoms with Gasteiger partial charge < -0.3 is 9.55 Å². The molecular weight excluding hydrogens is 997 g/mol. The molecule has 3 heteroatoms. The second-order valence-electron chi connectivity index (χ2n) is 20.1. The highest BCUT2D eigenvalue weighted by molar-refractivity contribution is 9.10. The van der Waals surface area contributed by atoms with Crippen molar-refractivity contribution in [2.45, 2.75) is 10.8 Å². The minimum atomic E-state index is -0.400. The van der Waals surface area contributed by atoms with Crippen LogP contribution in [0.1, 0.15) is 44.5 Å². The highest BCUT2D eigenvalue weighted by Crippen LogP contribution is 2.58. The molecule has 0 unspecified atom stereocenters. The first-order chi connectivity index (χ1) is 38.1. The van der Waals surface area contributed by atoms with Gasteiger partial charge in [0.2, 0.25) is 0 Å². The molecule has 0 atom stereocenters. The number of para-hydroxylation sites is 4. The van der Waals surface area contributed by atoms with Crippen LogP contribution in [0.4, 0.5) is 0 Å². The van der Waals surface area contributed by atoms with E-state index in [9.17, 15) is 0 Å². The Morgan fingerprint density at radius 2 is 0.610 bits per heavy atom. The van der Waals surface area contributed by atoms with Crippen molar-refractivity contribution in [3.63, 3.8) is 0 Å². The van der Waals surface area contributed by atoms with Crippen LogP contribution in [0.2, 0.25) is 0 Å². The Labute approximate surface area is 457 Å².